The molecule has 1 saturated carbocycles. The number of likely N-dealkylation sites (tertiary alicyclic amines) is 1. The Morgan fingerprint density at radius 1 is 1.23 bits per heavy atom. The van der Waals surface area contributed by atoms with Gasteiger partial charge in [-0.25, -0.2) is 4.79 Å². The van der Waals surface area contributed by atoms with Crippen LogP contribution < -0.4 is 9.47 Å². The van der Waals surface area contributed by atoms with Crippen LogP contribution in [0, 0.1) is 0 Å². The molecule has 2 aliphatic heterocycles. The zero-order chi connectivity index (χ0) is 18.5. The average molecular weight is 359 g/mol. The summed E-state index contributed by atoms with van der Waals surface area (Å²) in [5.74, 6) is 1.70. The number of amides is 1. The molecule has 1 amide bonds. The van der Waals surface area contributed by atoms with Crippen LogP contribution in [0.15, 0.2) is 18.2 Å². The number of carbonyl (C=O) groups is 2. The molecule has 1 aliphatic carbocycles. The minimum absolute atomic E-state index is 0.168. The standard InChI is InChI=1S/C20H25NO5/c1-19(2,3)26-18(23)21-9-8-20(7-6-14(22)11-17(20)21)13-4-5-15-16(10-13)25-12-24-15/h4-5,10,17H,6-9,11-12H2,1-3H3/t17-,20-/m0/s1. The summed E-state index contributed by atoms with van der Waals surface area (Å²) in [7, 11) is 0. The van der Waals surface area contributed by atoms with E-state index in [9.17, 15) is 9.59 Å². The van der Waals surface area contributed by atoms with Gasteiger partial charge in [0.25, 0.3) is 0 Å². The van der Waals surface area contributed by atoms with Crippen molar-refractivity contribution < 1.29 is 23.8 Å². The summed E-state index contributed by atoms with van der Waals surface area (Å²) in [6.07, 6.45) is 2.17. The van der Waals surface area contributed by atoms with E-state index >= 15 is 0 Å². The van der Waals surface area contributed by atoms with Crippen LogP contribution >= 0.6 is 0 Å². The molecule has 3 aliphatic rings. The Hall–Kier alpha value is -2.24. The van der Waals surface area contributed by atoms with Gasteiger partial charge in [0, 0.05) is 24.8 Å². The number of ether oxygens (including phenoxy) is 3. The lowest BCUT2D eigenvalue weighted by molar-refractivity contribution is -0.122. The van der Waals surface area contributed by atoms with Gasteiger partial charge in [0.2, 0.25) is 6.79 Å². The summed E-state index contributed by atoms with van der Waals surface area (Å²) >= 11 is 0. The molecule has 2 fully saturated rings. The first-order valence-corrected chi connectivity index (χ1v) is 9.20. The maximum absolute atomic E-state index is 12.7. The first-order valence-electron chi connectivity index (χ1n) is 9.20. The smallest absolute Gasteiger partial charge is 0.410 e. The van der Waals surface area contributed by atoms with Gasteiger partial charge in [0.05, 0.1) is 6.04 Å². The fourth-order valence-corrected chi connectivity index (χ4v) is 4.44. The highest BCUT2D eigenvalue weighted by Crippen LogP contribution is 2.50. The van der Waals surface area contributed by atoms with Crippen LogP contribution in [0.25, 0.3) is 0 Å². The third-order valence-corrected chi connectivity index (χ3v) is 5.66. The third-order valence-electron chi connectivity index (χ3n) is 5.66. The summed E-state index contributed by atoms with van der Waals surface area (Å²) in [5, 5.41) is 0. The molecule has 0 unspecified atom stereocenters. The van der Waals surface area contributed by atoms with E-state index in [0.717, 1.165) is 29.9 Å². The number of rotatable bonds is 1. The molecule has 0 N–H and O–H groups in total. The van der Waals surface area contributed by atoms with E-state index in [-0.39, 0.29) is 30.1 Å². The van der Waals surface area contributed by atoms with Crippen LogP contribution in [-0.2, 0) is 14.9 Å². The lowest BCUT2D eigenvalue weighted by Gasteiger charge is -2.41. The number of carbonyl (C=O) groups excluding carboxylic acids is 2. The molecule has 0 aromatic heterocycles. The normalized spacial score (nSPS) is 27.4. The second-order valence-electron chi connectivity index (χ2n) is 8.41. The van der Waals surface area contributed by atoms with Crippen molar-refractivity contribution in [3.05, 3.63) is 23.8 Å². The summed E-state index contributed by atoms with van der Waals surface area (Å²) in [6, 6.07) is 5.83. The van der Waals surface area contributed by atoms with Gasteiger partial charge < -0.3 is 19.1 Å². The van der Waals surface area contributed by atoms with Gasteiger partial charge in [0.15, 0.2) is 11.5 Å². The molecule has 1 saturated heterocycles. The minimum atomic E-state index is -0.556. The van der Waals surface area contributed by atoms with Gasteiger partial charge in [-0.05, 0) is 51.3 Å². The van der Waals surface area contributed by atoms with Crippen molar-refractivity contribution in [2.24, 2.45) is 0 Å². The van der Waals surface area contributed by atoms with Gasteiger partial charge in [-0.3, -0.25) is 4.79 Å². The molecule has 1 aromatic rings. The second-order valence-corrected chi connectivity index (χ2v) is 8.41. The molecular weight excluding hydrogens is 334 g/mol. The number of fused-ring (bicyclic) bond motifs is 2. The molecular formula is C20H25NO5. The molecule has 4 rings (SSSR count). The molecule has 2 atom stereocenters. The van der Waals surface area contributed by atoms with Gasteiger partial charge in [0.1, 0.15) is 11.4 Å². The van der Waals surface area contributed by atoms with Crippen molar-refractivity contribution in [3.8, 4) is 11.5 Å². The maximum atomic E-state index is 12.7. The molecule has 6 heteroatoms. The van der Waals surface area contributed by atoms with Crippen molar-refractivity contribution in [3.63, 3.8) is 0 Å². The minimum Gasteiger partial charge on any atom is -0.454 e. The van der Waals surface area contributed by atoms with Gasteiger partial charge in [-0.2, -0.15) is 0 Å². The van der Waals surface area contributed by atoms with Crippen molar-refractivity contribution in [1.29, 1.82) is 0 Å². The molecule has 0 bridgehead atoms. The van der Waals surface area contributed by atoms with Crippen LogP contribution in [0.4, 0.5) is 4.79 Å². The molecule has 1 aromatic carbocycles. The highest BCUT2D eigenvalue weighted by molar-refractivity contribution is 5.82. The first-order chi connectivity index (χ1) is 12.3. The lowest BCUT2D eigenvalue weighted by atomic mass is 9.66. The first kappa shape index (κ1) is 17.2. The van der Waals surface area contributed by atoms with Gasteiger partial charge in [-0.1, -0.05) is 6.07 Å². The number of Topliss-reactive ketones (excluding diaryl/α,β-unsaturated/α-hetero) is 1. The Labute approximate surface area is 153 Å². The zero-order valence-electron chi connectivity index (χ0n) is 15.5. The Kier molecular flexibility index (Phi) is 3.90. The highest BCUT2D eigenvalue weighted by Gasteiger charge is 2.53. The molecule has 0 radical (unpaired) electrons. The Morgan fingerprint density at radius 2 is 2.00 bits per heavy atom. The van der Waals surface area contributed by atoms with E-state index in [2.05, 4.69) is 6.07 Å². The fraction of sp³-hybridized carbons (Fsp3) is 0.600. The van der Waals surface area contributed by atoms with Crippen LogP contribution in [-0.4, -0.2) is 41.8 Å². The van der Waals surface area contributed by atoms with Crippen molar-refractivity contribution in [2.75, 3.05) is 13.3 Å². The number of benzene rings is 1. The van der Waals surface area contributed by atoms with Crippen LogP contribution in [0.1, 0.15) is 52.0 Å². The number of ketones is 1. The summed E-state index contributed by atoms with van der Waals surface area (Å²) in [6.45, 7) is 6.41. The van der Waals surface area contributed by atoms with E-state index in [1.165, 1.54) is 0 Å². The molecule has 140 valence electrons. The van der Waals surface area contributed by atoms with E-state index in [1.54, 1.807) is 4.90 Å². The lowest BCUT2D eigenvalue weighted by Crippen LogP contribution is -2.50. The molecule has 0 spiro atoms. The van der Waals surface area contributed by atoms with Crippen LogP contribution in [0.5, 0.6) is 11.5 Å². The zero-order valence-corrected chi connectivity index (χ0v) is 15.5. The Morgan fingerprint density at radius 3 is 2.77 bits per heavy atom. The molecule has 6 nitrogen and oxygen atoms in total. The quantitative estimate of drug-likeness (QED) is 0.769. The molecule has 2 heterocycles. The summed E-state index contributed by atoms with van der Waals surface area (Å²) in [5.41, 5.74) is 0.330. The predicted molar refractivity (Wildman–Crippen MR) is 94.4 cm³/mol. The van der Waals surface area contributed by atoms with E-state index in [1.807, 2.05) is 32.9 Å². The average Bonchev–Trinajstić information content (AvgIpc) is 3.17. The van der Waals surface area contributed by atoms with Crippen molar-refractivity contribution in [1.82, 2.24) is 4.90 Å². The topological polar surface area (TPSA) is 65.1 Å². The summed E-state index contributed by atoms with van der Waals surface area (Å²) in [4.78, 5) is 26.7. The van der Waals surface area contributed by atoms with Crippen LogP contribution in [0.3, 0.4) is 0 Å². The van der Waals surface area contributed by atoms with E-state index in [4.69, 9.17) is 14.2 Å². The number of hydrogen-bond donors (Lipinski definition) is 0. The predicted octanol–water partition coefficient (Wildman–Crippen LogP) is 3.42. The number of nitrogens with zero attached hydrogens (tertiary/aromatic N) is 1. The Balaban J connectivity index is 1.68. The summed E-state index contributed by atoms with van der Waals surface area (Å²) < 4.78 is 16.6. The SMILES string of the molecule is CC(C)(C)OC(=O)N1CC[C@]2(c3ccc4c(c3)OCO4)CCC(=O)C[C@H]12. The van der Waals surface area contributed by atoms with Gasteiger partial charge >= 0.3 is 6.09 Å². The maximum Gasteiger partial charge on any atom is 0.410 e. The largest absolute Gasteiger partial charge is 0.454 e. The van der Waals surface area contributed by atoms with Crippen molar-refractivity contribution in [2.45, 2.75) is 63.5 Å². The van der Waals surface area contributed by atoms with Crippen LogP contribution in [0.2, 0.25) is 0 Å². The van der Waals surface area contributed by atoms with E-state index < -0.39 is 5.60 Å². The third kappa shape index (κ3) is 2.81. The monoisotopic (exact) mass is 359 g/mol. The van der Waals surface area contributed by atoms with Crippen molar-refractivity contribution >= 4 is 11.9 Å². The fourth-order valence-electron chi connectivity index (χ4n) is 4.44. The highest BCUT2D eigenvalue weighted by atomic mass is 16.7. The van der Waals surface area contributed by atoms with E-state index in [0.29, 0.717) is 19.4 Å². The second kappa shape index (κ2) is 5.89. The number of hydrogen-bond acceptors (Lipinski definition) is 5. The molecule has 26 heavy (non-hydrogen) atoms. The Bertz CT molecular complexity index is 753. The van der Waals surface area contributed by atoms with Gasteiger partial charge in [-0.15, -0.1) is 0 Å².